The van der Waals surface area contributed by atoms with Crippen LogP contribution in [0.25, 0.3) is 21.6 Å². The minimum atomic E-state index is -4.86. The van der Waals surface area contributed by atoms with Crippen LogP contribution in [0.1, 0.15) is 76.4 Å². The van der Waals surface area contributed by atoms with Gasteiger partial charge in [0, 0.05) is 44.0 Å². The minimum Gasteiger partial charge on any atom is -0.391 e. The Morgan fingerprint density at radius 2 is 1.62 bits per heavy atom. The fraction of sp³-hybridized carbons (Fsp3) is 0.385. The highest BCUT2D eigenvalue weighted by Gasteiger charge is 2.51. The molecule has 5 aromatic rings. The maximum Gasteiger partial charge on any atom is 0.419 e. The Balaban J connectivity index is 0.841. The number of aliphatic hydroxyl groups is 1. The van der Waals surface area contributed by atoms with Gasteiger partial charge < -0.3 is 35.6 Å². The Hall–Kier alpha value is -6.79. The quantitative estimate of drug-likeness (QED) is 0.0519. The standard InChI is InChI=1S/C52H56F3N9O6S2/c1-31-44(72-30-60-31)35-11-9-32(10-12-35)26-59-46(67)42-24-39(65)28-62(42)47(68)45(50(2,3)4)61-43(66)29-70-22-8-7-21-57-36-17-13-33(14-18-36)34-15-19-37(20-16-34)64-49(71)63(48(69)51(64,5)6)38-23-40(52(53,54)55)41(25-56)58-27-38/h9-20,23,27,30,39,42,45,57,65H,7-8,21-22,24,26,28-29H2,1-6H3,(H,59,67)(H,61,66)/t39-,42+,45?/m1/s1. The van der Waals surface area contributed by atoms with Crippen molar-refractivity contribution in [2.24, 2.45) is 5.41 Å². The molecule has 378 valence electrons. The lowest BCUT2D eigenvalue weighted by Crippen LogP contribution is -2.58. The number of aryl methyl sites for hydroxylation is 1. The Kier molecular flexibility index (Phi) is 16.1. The van der Waals surface area contributed by atoms with Crippen LogP contribution in [0.4, 0.5) is 30.2 Å². The van der Waals surface area contributed by atoms with Gasteiger partial charge in [0.15, 0.2) is 10.8 Å². The summed E-state index contributed by atoms with van der Waals surface area (Å²) in [6.07, 6.45) is -3.24. The molecule has 3 atom stereocenters. The van der Waals surface area contributed by atoms with E-state index in [0.717, 1.165) is 56.0 Å². The highest BCUT2D eigenvalue weighted by molar-refractivity contribution is 7.81. The number of β-amino-alcohol motifs (C(OH)–C–C–N with tert-alkyl or cyclic N) is 1. The van der Waals surface area contributed by atoms with Gasteiger partial charge in [-0.1, -0.05) is 69.3 Å². The third-order valence-electron chi connectivity index (χ3n) is 12.5. The number of amides is 4. The molecule has 3 aromatic carbocycles. The second-order valence-corrected chi connectivity index (χ2v) is 20.5. The van der Waals surface area contributed by atoms with E-state index in [1.54, 1.807) is 47.7 Å². The molecule has 0 spiro atoms. The van der Waals surface area contributed by atoms with Crippen LogP contribution in [0.2, 0.25) is 0 Å². The van der Waals surface area contributed by atoms with Gasteiger partial charge in [-0.05, 0) is 104 Å². The number of nitriles is 1. The third kappa shape index (κ3) is 11.9. The smallest absolute Gasteiger partial charge is 0.391 e. The number of ether oxygens (including phenoxy) is 1. The Bertz CT molecular complexity index is 2850. The zero-order chi connectivity index (χ0) is 52.1. The van der Waals surface area contributed by atoms with E-state index in [1.165, 1.54) is 11.0 Å². The maximum absolute atomic E-state index is 14.0. The van der Waals surface area contributed by atoms with Crippen molar-refractivity contribution in [2.45, 2.75) is 97.3 Å². The van der Waals surface area contributed by atoms with Crippen molar-refractivity contribution in [3.05, 3.63) is 113 Å². The first-order chi connectivity index (χ1) is 34.1. The molecule has 2 saturated heterocycles. The van der Waals surface area contributed by atoms with Gasteiger partial charge in [0.05, 0.1) is 39.6 Å². The second kappa shape index (κ2) is 21.9. The molecule has 1 unspecified atom stereocenters. The lowest BCUT2D eigenvalue weighted by molar-refractivity contribution is -0.144. The van der Waals surface area contributed by atoms with Crippen LogP contribution in [0.5, 0.6) is 0 Å². The SMILES string of the molecule is Cc1ncsc1-c1ccc(CNC(=O)[C@@H]2C[C@@H](O)CN2C(=O)C(NC(=O)COCCCCNc2ccc(-c3ccc(N4C(=S)N(c5cnc(C#N)c(C(F)(F)F)c5)C(=O)C4(C)C)cc3)cc2)C(C)(C)C)cc1. The van der Waals surface area contributed by atoms with Crippen LogP contribution < -0.4 is 25.8 Å². The first-order valence-corrected chi connectivity index (χ1v) is 24.6. The molecule has 20 heteroatoms. The molecule has 15 nitrogen and oxygen atoms in total. The minimum absolute atomic E-state index is 0.0288. The summed E-state index contributed by atoms with van der Waals surface area (Å²) in [6, 6.07) is 23.2. The van der Waals surface area contributed by atoms with E-state index in [1.807, 2.05) is 88.4 Å². The molecular formula is C52H56F3N9O6S2. The molecule has 2 aromatic heterocycles. The normalized spacial score (nSPS) is 17.2. The molecule has 4 heterocycles. The molecule has 7 rings (SSSR count). The van der Waals surface area contributed by atoms with E-state index in [4.69, 9.17) is 17.0 Å². The van der Waals surface area contributed by atoms with Gasteiger partial charge in [-0.3, -0.25) is 24.1 Å². The molecule has 4 N–H and O–H groups in total. The molecule has 2 fully saturated rings. The molecule has 0 aliphatic carbocycles. The molecule has 0 saturated carbocycles. The van der Waals surface area contributed by atoms with Crippen molar-refractivity contribution in [1.82, 2.24) is 25.5 Å². The number of likely N-dealkylation sites (tertiary alicyclic amines) is 1. The van der Waals surface area contributed by atoms with E-state index >= 15 is 0 Å². The maximum atomic E-state index is 14.0. The van der Waals surface area contributed by atoms with E-state index in [-0.39, 0.29) is 42.8 Å². The van der Waals surface area contributed by atoms with Crippen LogP contribution in [0.15, 0.2) is 90.6 Å². The van der Waals surface area contributed by atoms with E-state index in [0.29, 0.717) is 31.3 Å². The fourth-order valence-electron chi connectivity index (χ4n) is 8.63. The van der Waals surface area contributed by atoms with Gasteiger partial charge in [0.1, 0.15) is 30.3 Å². The number of unbranched alkanes of at least 4 members (excludes halogenated alkanes) is 1. The van der Waals surface area contributed by atoms with Crippen molar-refractivity contribution < 1.29 is 42.2 Å². The number of nitrogens with zero attached hydrogens (tertiary/aromatic N) is 6. The number of rotatable bonds is 17. The number of hydrogen-bond acceptors (Lipinski definition) is 12. The molecular weight excluding hydrogens is 968 g/mol. The molecule has 2 aliphatic rings. The lowest BCUT2D eigenvalue weighted by Gasteiger charge is -2.35. The predicted octanol–water partition coefficient (Wildman–Crippen LogP) is 8.01. The highest BCUT2D eigenvalue weighted by atomic mass is 32.1. The summed E-state index contributed by atoms with van der Waals surface area (Å²) in [5, 5.41) is 28.8. The van der Waals surface area contributed by atoms with Crippen molar-refractivity contribution in [1.29, 1.82) is 5.26 Å². The van der Waals surface area contributed by atoms with Crippen molar-refractivity contribution in [3.8, 4) is 27.6 Å². The molecule has 0 radical (unpaired) electrons. The number of anilines is 3. The zero-order valence-electron chi connectivity index (χ0n) is 40.7. The molecule has 72 heavy (non-hydrogen) atoms. The monoisotopic (exact) mass is 1020 g/mol. The largest absolute Gasteiger partial charge is 0.419 e. The third-order valence-corrected chi connectivity index (χ3v) is 13.9. The van der Waals surface area contributed by atoms with E-state index in [9.17, 15) is 42.7 Å². The number of thiazole rings is 1. The number of aromatic nitrogens is 2. The van der Waals surface area contributed by atoms with Crippen LogP contribution in [-0.4, -0.2) is 98.7 Å². The molecule has 4 amide bonds. The number of thiocarbonyl (C=S) groups is 1. The van der Waals surface area contributed by atoms with Gasteiger partial charge in [0.2, 0.25) is 17.7 Å². The van der Waals surface area contributed by atoms with Gasteiger partial charge in [-0.2, -0.15) is 18.4 Å². The molecule has 2 aliphatic heterocycles. The number of carbonyl (C=O) groups excluding carboxylic acids is 4. The lowest BCUT2D eigenvalue weighted by atomic mass is 9.85. The number of hydrogen-bond donors (Lipinski definition) is 4. The summed E-state index contributed by atoms with van der Waals surface area (Å²) in [4.78, 5) is 67.2. The Labute approximate surface area is 425 Å². The summed E-state index contributed by atoms with van der Waals surface area (Å²) in [5.41, 5.74) is 3.69. The zero-order valence-corrected chi connectivity index (χ0v) is 42.3. The van der Waals surface area contributed by atoms with Gasteiger partial charge in [0.25, 0.3) is 5.91 Å². The number of benzene rings is 3. The van der Waals surface area contributed by atoms with Crippen molar-refractivity contribution >= 4 is 69.4 Å². The number of alkyl halides is 3. The summed E-state index contributed by atoms with van der Waals surface area (Å²) >= 11 is 7.21. The van der Waals surface area contributed by atoms with Crippen LogP contribution in [0, 0.1) is 23.7 Å². The molecule has 0 bridgehead atoms. The second-order valence-electron chi connectivity index (χ2n) is 19.3. The number of aliphatic hydroxyl groups excluding tert-OH is 1. The predicted molar refractivity (Wildman–Crippen MR) is 273 cm³/mol. The van der Waals surface area contributed by atoms with Gasteiger partial charge in [-0.25, -0.2) is 9.97 Å². The van der Waals surface area contributed by atoms with Crippen molar-refractivity contribution in [2.75, 3.05) is 41.4 Å². The average molecular weight is 1020 g/mol. The van der Waals surface area contributed by atoms with Crippen LogP contribution >= 0.6 is 23.6 Å². The van der Waals surface area contributed by atoms with E-state index < -0.39 is 64.3 Å². The summed E-state index contributed by atoms with van der Waals surface area (Å²) < 4.78 is 46.9. The number of pyridine rings is 1. The number of halogens is 3. The Morgan fingerprint density at radius 3 is 2.24 bits per heavy atom. The summed E-state index contributed by atoms with van der Waals surface area (Å²) in [6.45, 7) is 11.6. The van der Waals surface area contributed by atoms with Crippen LogP contribution in [0.3, 0.4) is 0 Å². The number of nitrogens with one attached hydrogen (secondary N) is 3. The summed E-state index contributed by atoms with van der Waals surface area (Å²) in [5.74, 6) is -1.86. The van der Waals surface area contributed by atoms with Crippen molar-refractivity contribution in [3.63, 3.8) is 0 Å². The first kappa shape index (κ1) is 53.0. The van der Waals surface area contributed by atoms with E-state index in [2.05, 4.69) is 25.9 Å². The van der Waals surface area contributed by atoms with Gasteiger partial charge in [-0.15, -0.1) is 11.3 Å². The van der Waals surface area contributed by atoms with Gasteiger partial charge >= 0.3 is 6.18 Å². The summed E-state index contributed by atoms with van der Waals surface area (Å²) in [7, 11) is 0. The number of carbonyl (C=O) groups is 4. The topological polar surface area (TPSA) is 193 Å². The average Bonchev–Trinajstić information content (AvgIpc) is 4.01. The van der Waals surface area contributed by atoms with Crippen LogP contribution in [-0.2, 0) is 36.6 Å². The fourth-order valence-corrected chi connectivity index (χ4v) is 9.96. The Morgan fingerprint density at radius 1 is 0.972 bits per heavy atom. The first-order valence-electron chi connectivity index (χ1n) is 23.3. The highest BCUT2D eigenvalue weighted by Crippen LogP contribution is 2.40.